The minimum absolute atomic E-state index is 0.0901. The minimum Gasteiger partial charge on any atom is -0.295 e. The van der Waals surface area contributed by atoms with Crippen molar-refractivity contribution in [2.45, 2.75) is 16.7 Å². The van der Waals surface area contributed by atoms with Gasteiger partial charge in [0.1, 0.15) is 9.75 Å². The zero-order chi connectivity index (χ0) is 22.4. The minimum atomic E-state index is -1.20. The predicted molar refractivity (Wildman–Crippen MR) is 122 cm³/mol. The van der Waals surface area contributed by atoms with Crippen molar-refractivity contribution < 1.29 is 14.4 Å². The number of rotatable bonds is 2. The first-order valence-corrected chi connectivity index (χ1v) is 11.1. The number of nitrogens with zero attached hydrogens (tertiary/aromatic N) is 1. The summed E-state index contributed by atoms with van der Waals surface area (Å²) >= 11 is 14.8. The monoisotopic (exact) mass is 461 g/mol. The molecule has 2 bridgehead atoms. The van der Waals surface area contributed by atoms with E-state index in [0.29, 0.717) is 11.3 Å². The molecule has 0 aromatic heterocycles. The number of ketones is 1. The third-order valence-corrected chi connectivity index (χ3v) is 8.40. The van der Waals surface area contributed by atoms with Crippen molar-refractivity contribution in [3.63, 3.8) is 0 Å². The third kappa shape index (κ3) is 2.12. The van der Waals surface area contributed by atoms with Crippen LogP contribution in [0.5, 0.6) is 0 Å². The van der Waals surface area contributed by atoms with Gasteiger partial charge in [0.2, 0.25) is 11.8 Å². The van der Waals surface area contributed by atoms with Gasteiger partial charge in [-0.05, 0) is 53.4 Å². The number of hydrogen-bond donors (Lipinski definition) is 0. The lowest BCUT2D eigenvalue weighted by atomic mass is 9.54. The summed E-state index contributed by atoms with van der Waals surface area (Å²) in [4.78, 5) is 38.1. The molecule has 0 N–H and O–H groups in total. The van der Waals surface area contributed by atoms with Crippen molar-refractivity contribution in [1.29, 1.82) is 0 Å². The zero-order valence-electron chi connectivity index (χ0n) is 17.0. The molecule has 4 aliphatic rings. The maximum Gasteiger partial charge on any atom is 0.240 e. The summed E-state index contributed by atoms with van der Waals surface area (Å²) in [6.07, 6.45) is 0. The van der Waals surface area contributed by atoms with Crippen LogP contribution < -0.4 is 4.90 Å². The summed E-state index contributed by atoms with van der Waals surface area (Å²) in [5.74, 6) is -2.52. The van der Waals surface area contributed by atoms with Crippen molar-refractivity contribution in [3.05, 3.63) is 101 Å². The lowest BCUT2D eigenvalue weighted by Gasteiger charge is -2.54. The number of carbonyl (C=O) groups excluding carboxylic acids is 3. The fourth-order valence-electron chi connectivity index (χ4n) is 5.77. The molecule has 1 saturated heterocycles. The highest BCUT2D eigenvalue weighted by atomic mass is 35.5. The fraction of sp³-hybridized carbons (Fsp3) is 0.192. The van der Waals surface area contributed by atoms with Gasteiger partial charge in [-0.3, -0.25) is 14.4 Å². The van der Waals surface area contributed by atoms with Crippen LogP contribution in [-0.4, -0.2) is 17.6 Å². The SMILES string of the molecule is CC(=O)c1ccc(N2C(=O)[C@@H]3[C@H](C2=O)C2(Cl)c4ccccc4C3(Cl)c3ccccc32)cc1. The van der Waals surface area contributed by atoms with Crippen molar-refractivity contribution in [1.82, 2.24) is 0 Å². The number of halogens is 2. The maximum absolute atomic E-state index is 13.8. The highest BCUT2D eigenvalue weighted by molar-refractivity contribution is 6.38. The van der Waals surface area contributed by atoms with Crippen molar-refractivity contribution in [2.24, 2.45) is 11.8 Å². The Morgan fingerprint density at radius 3 is 1.44 bits per heavy atom. The van der Waals surface area contributed by atoms with Crippen LogP contribution in [0.25, 0.3) is 0 Å². The van der Waals surface area contributed by atoms with Gasteiger partial charge < -0.3 is 0 Å². The standard InChI is InChI=1S/C26H17Cl2NO3/c1-14(30)15-10-12-16(13-11-15)29-23(31)21-22(24(29)32)26(28)18-7-3-2-6-17(18)25(21,27)19-8-4-5-9-20(19)26/h2-13,21-22H,1H3/t21-,22+,25?,26?. The van der Waals surface area contributed by atoms with E-state index in [0.717, 1.165) is 22.3 Å². The van der Waals surface area contributed by atoms with E-state index in [1.54, 1.807) is 24.3 Å². The second kappa shape index (κ2) is 6.31. The fourth-order valence-corrected chi connectivity index (χ4v) is 6.86. The second-order valence-electron chi connectivity index (χ2n) is 8.58. The molecule has 2 amide bonds. The predicted octanol–water partition coefficient (Wildman–Crippen LogP) is 4.99. The van der Waals surface area contributed by atoms with E-state index in [4.69, 9.17) is 23.2 Å². The summed E-state index contributed by atoms with van der Waals surface area (Å²) in [5.41, 5.74) is 4.00. The smallest absolute Gasteiger partial charge is 0.240 e. The molecule has 32 heavy (non-hydrogen) atoms. The van der Waals surface area contributed by atoms with Crippen molar-refractivity contribution >= 4 is 46.5 Å². The summed E-state index contributed by atoms with van der Waals surface area (Å²) < 4.78 is 0. The molecule has 0 saturated carbocycles. The Labute approximate surface area is 194 Å². The van der Waals surface area contributed by atoms with Gasteiger partial charge >= 0.3 is 0 Å². The number of hydrogen-bond acceptors (Lipinski definition) is 3. The van der Waals surface area contributed by atoms with Gasteiger partial charge in [-0.1, -0.05) is 48.5 Å². The van der Waals surface area contributed by atoms with Gasteiger partial charge in [-0.15, -0.1) is 23.2 Å². The highest BCUT2D eigenvalue weighted by Gasteiger charge is 2.73. The van der Waals surface area contributed by atoms with Crippen LogP contribution in [0.3, 0.4) is 0 Å². The molecule has 6 heteroatoms. The first kappa shape index (κ1) is 19.7. The molecule has 1 fully saturated rings. The molecule has 0 spiro atoms. The molecule has 3 aliphatic carbocycles. The van der Waals surface area contributed by atoms with Crippen LogP contribution in [0, 0.1) is 11.8 Å². The van der Waals surface area contributed by atoms with E-state index < -0.39 is 21.6 Å². The Morgan fingerprint density at radius 1 is 0.719 bits per heavy atom. The van der Waals surface area contributed by atoms with E-state index in [9.17, 15) is 14.4 Å². The zero-order valence-corrected chi connectivity index (χ0v) is 18.5. The average molecular weight is 462 g/mol. The van der Waals surface area contributed by atoms with Crippen LogP contribution in [0.15, 0.2) is 72.8 Å². The lowest BCUT2D eigenvalue weighted by Crippen LogP contribution is -2.57. The van der Waals surface area contributed by atoms with Crippen LogP contribution in [0.4, 0.5) is 5.69 Å². The molecular formula is C26H17Cl2NO3. The summed E-state index contributed by atoms with van der Waals surface area (Å²) in [6.45, 7) is 1.47. The number of benzene rings is 3. The van der Waals surface area contributed by atoms with Gasteiger partial charge in [0.25, 0.3) is 0 Å². The Hall–Kier alpha value is -2.95. The molecule has 7 rings (SSSR count). The molecule has 1 aliphatic heterocycles. The third-order valence-electron chi connectivity index (χ3n) is 7.12. The Bertz CT molecular complexity index is 1230. The van der Waals surface area contributed by atoms with E-state index in [2.05, 4.69) is 0 Å². The molecule has 3 aromatic rings. The van der Waals surface area contributed by atoms with E-state index in [-0.39, 0.29) is 17.6 Å². The summed E-state index contributed by atoms with van der Waals surface area (Å²) in [7, 11) is 0. The van der Waals surface area contributed by atoms with E-state index >= 15 is 0 Å². The number of imide groups is 1. The van der Waals surface area contributed by atoms with Crippen LogP contribution in [0.2, 0.25) is 0 Å². The highest BCUT2D eigenvalue weighted by Crippen LogP contribution is 2.69. The average Bonchev–Trinajstić information content (AvgIpc) is 3.08. The van der Waals surface area contributed by atoms with Gasteiger partial charge in [-0.2, -0.15) is 0 Å². The molecule has 4 nitrogen and oxygen atoms in total. The number of anilines is 1. The number of Topliss-reactive ketones (excluding diaryl/α,β-unsaturated/α-hetero) is 1. The molecule has 1 heterocycles. The summed E-state index contributed by atoms with van der Waals surface area (Å²) in [5, 5.41) is 0. The molecule has 0 unspecified atom stereocenters. The van der Waals surface area contributed by atoms with Crippen molar-refractivity contribution in [2.75, 3.05) is 4.90 Å². The molecule has 158 valence electrons. The topological polar surface area (TPSA) is 54.5 Å². The molecule has 2 atom stereocenters. The Kier molecular flexibility index (Phi) is 3.88. The number of alkyl halides is 2. The van der Waals surface area contributed by atoms with Crippen LogP contribution in [0.1, 0.15) is 39.5 Å². The molecule has 3 aromatic carbocycles. The first-order valence-electron chi connectivity index (χ1n) is 10.4. The second-order valence-corrected chi connectivity index (χ2v) is 9.78. The lowest BCUT2D eigenvalue weighted by molar-refractivity contribution is -0.122. The quantitative estimate of drug-likeness (QED) is 0.307. The largest absolute Gasteiger partial charge is 0.295 e. The van der Waals surface area contributed by atoms with Gasteiger partial charge in [0.05, 0.1) is 17.5 Å². The van der Waals surface area contributed by atoms with Gasteiger partial charge in [-0.25, -0.2) is 4.90 Å². The number of amides is 2. The first-order chi connectivity index (χ1) is 15.3. The van der Waals surface area contributed by atoms with Gasteiger partial charge in [0.15, 0.2) is 5.78 Å². The maximum atomic E-state index is 13.8. The number of carbonyl (C=O) groups is 3. The molecule has 0 radical (unpaired) electrons. The molecular weight excluding hydrogens is 445 g/mol. The van der Waals surface area contributed by atoms with E-state index in [1.807, 2.05) is 48.5 Å². The van der Waals surface area contributed by atoms with Crippen LogP contribution in [-0.2, 0) is 19.3 Å². The Balaban J connectivity index is 1.60. The Morgan fingerprint density at radius 2 is 1.09 bits per heavy atom. The van der Waals surface area contributed by atoms with Crippen LogP contribution >= 0.6 is 23.2 Å². The summed E-state index contributed by atoms with van der Waals surface area (Å²) in [6, 6.07) is 21.6. The van der Waals surface area contributed by atoms with E-state index in [1.165, 1.54) is 11.8 Å². The van der Waals surface area contributed by atoms with Gasteiger partial charge in [0, 0.05) is 5.56 Å². The normalized spacial score (nSPS) is 29.5. The van der Waals surface area contributed by atoms with Crippen molar-refractivity contribution in [3.8, 4) is 0 Å².